The summed E-state index contributed by atoms with van der Waals surface area (Å²) in [7, 11) is 0. The molecular formula is C12H20N2O. The average Bonchev–Trinajstić information content (AvgIpc) is 2.18. The van der Waals surface area contributed by atoms with E-state index in [2.05, 4.69) is 24.1 Å². The summed E-state index contributed by atoms with van der Waals surface area (Å²) in [5, 5.41) is 13.0. The molecule has 1 atom stereocenters. The number of pyridine rings is 1. The minimum Gasteiger partial charge on any atom is -0.387 e. The van der Waals surface area contributed by atoms with E-state index < -0.39 is 6.10 Å². The molecule has 2 N–H and O–H groups in total. The predicted octanol–water partition coefficient (Wildman–Crippen LogP) is 1.67. The van der Waals surface area contributed by atoms with Gasteiger partial charge in [-0.05, 0) is 25.5 Å². The van der Waals surface area contributed by atoms with Gasteiger partial charge in [-0.25, -0.2) is 0 Å². The monoisotopic (exact) mass is 208 g/mol. The number of hydrogen-bond acceptors (Lipinski definition) is 3. The third-order valence-corrected chi connectivity index (χ3v) is 2.21. The molecular weight excluding hydrogens is 188 g/mol. The zero-order valence-electron chi connectivity index (χ0n) is 9.70. The smallest absolute Gasteiger partial charge is 0.0929 e. The van der Waals surface area contributed by atoms with Gasteiger partial charge in [0.15, 0.2) is 0 Å². The average molecular weight is 208 g/mol. The topological polar surface area (TPSA) is 45.1 Å². The first-order valence-corrected chi connectivity index (χ1v) is 5.41. The number of nitrogens with zero attached hydrogens (tertiary/aromatic N) is 1. The summed E-state index contributed by atoms with van der Waals surface area (Å²) in [6.45, 7) is 7.74. The molecule has 0 radical (unpaired) electrons. The lowest BCUT2D eigenvalue weighted by Crippen LogP contribution is -2.25. The number of rotatable bonds is 5. The number of aromatic nitrogens is 1. The Hall–Kier alpha value is -0.930. The highest BCUT2D eigenvalue weighted by molar-refractivity contribution is 5.15. The molecule has 0 bridgehead atoms. The predicted molar refractivity (Wildman–Crippen MR) is 61.6 cm³/mol. The maximum atomic E-state index is 9.82. The molecule has 3 heteroatoms. The van der Waals surface area contributed by atoms with Crippen molar-refractivity contribution in [2.24, 2.45) is 5.92 Å². The van der Waals surface area contributed by atoms with E-state index in [4.69, 9.17) is 0 Å². The summed E-state index contributed by atoms with van der Waals surface area (Å²) in [5.41, 5.74) is 1.85. The Morgan fingerprint density at radius 2 is 2.07 bits per heavy atom. The Morgan fingerprint density at radius 1 is 1.33 bits per heavy atom. The highest BCUT2D eigenvalue weighted by Gasteiger charge is 2.07. The molecule has 1 aromatic rings. The van der Waals surface area contributed by atoms with Crippen molar-refractivity contribution in [2.75, 3.05) is 13.1 Å². The second kappa shape index (κ2) is 5.83. The van der Waals surface area contributed by atoms with Gasteiger partial charge in [0.1, 0.15) is 0 Å². The second-order valence-electron chi connectivity index (χ2n) is 4.30. The van der Waals surface area contributed by atoms with Crippen LogP contribution in [0.2, 0.25) is 0 Å². The van der Waals surface area contributed by atoms with Crippen LogP contribution in [0.5, 0.6) is 0 Å². The Kier molecular flexibility index (Phi) is 4.72. The number of nitrogens with one attached hydrogen (secondary N) is 1. The number of aryl methyl sites for hydroxylation is 1. The van der Waals surface area contributed by atoms with Crippen LogP contribution in [0.1, 0.15) is 31.2 Å². The molecule has 0 spiro atoms. The molecule has 3 nitrogen and oxygen atoms in total. The molecule has 15 heavy (non-hydrogen) atoms. The van der Waals surface area contributed by atoms with Gasteiger partial charge in [0, 0.05) is 24.0 Å². The zero-order valence-corrected chi connectivity index (χ0v) is 9.70. The minimum atomic E-state index is -0.461. The molecule has 1 rings (SSSR count). The fourth-order valence-corrected chi connectivity index (χ4v) is 1.30. The van der Waals surface area contributed by atoms with Gasteiger partial charge in [-0.2, -0.15) is 0 Å². The number of aliphatic hydroxyl groups is 1. The minimum absolute atomic E-state index is 0.461. The molecule has 0 aliphatic carbocycles. The van der Waals surface area contributed by atoms with Crippen molar-refractivity contribution in [2.45, 2.75) is 26.9 Å². The normalized spacial score (nSPS) is 13.1. The first-order valence-electron chi connectivity index (χ1n) is 5.41. The van der Waals surface area contributed by atoms with E-state index in [-0.39, 0.29) is 0 Å². The lowest BCUT2D eigenvalue weighted by Gasteiger charge is -2.13. The van der Waals surface area contributed by atoms with E-state index in [0.717, 1.165) is 17.8 Å². The fourth-order valence-electron chi connectivity index (χ4n) is 1.30. The third kappa shape index (κ3) is 4.40. The molecule has 84 valence electrons. The molecule has 1 aromatic heterocycles. The third-order valence-electron chi connectivity index (χ3n) is 2.21. The summed E-state index contributed by atoms with van der Waals surface area (Å²) < 4.78 is 0. The Labute approximate surface area is 91.5 Å². The summed E-state index contributed by atoms with van der Waals surface area (Å²) in [6, 6.07) is 3.84. The molecule has 0 saturated heterocycles. The molecule has 0 fully saturated rings. The molecule has 0 aliphatic heterocycles. The van der Waals surface area contributed by atoms with Gasteiger partial charge in [0.05, 0.1) is 6.10 Å². The van der Waals surface area contributed by atoms with Gasteiger partial charge < -0.3 is 10.4 Å². The molecule has 0 saturated carbocycles. The van der Waals surface area contributed by atoms with Gasteiger partial charge in [-0.1, -0.05) is 19.9 Å². The van der Waals surface area contributed by atoms with Crippen molar-refractivity contribution in [1.82, 2.24) is 10.3 Å². The SMILES string of the molecule is Cc1ccc(C(O)CNCC(C)C)cn1. The Morgan fingerprint density at radius 3 is 2.60 bits per heavy atom. The molecule has 1 unspecified atom stereocenters. The molecule has 1 heterocycles. The van der Waals surface area contributed by atoms with Crippen LogP contribution < -0.4 is 5.32 Å². The summed E-state index contributed by atoms with van der Waals surface area (Å²) in [6.07, 6.45) is 1.27. The van der Waals surface area contributed by atoms with E-state index in [0.29, 0.717) is 12.5 Å². The van der Waals surface area contributed by atoms with Crippen LogP contribution >= 0.6 is 0 Å². The van der Waals surface area contributed by atoms with Crippen molar-refractivity contribution in [3.05, 3.63) is 29.6 Å². The highest BCUT2D eigenvalue weighted by atomic mass is 16.3. The van der Waals surface area contributed by atoms with Crippen LogP contribution in [-0.2, 0) is 0 Å². The van der Waals surface area contributed by atoms with E-state index in [9.17, 15) is 5.11 Å². The largest absolute Gasteiger partial charge is 0.387 e. The van der Waals surface area contributed by atoms with Crippen LogP contribution in [0.15, 0.2) is 18.3 Å². The van der Waals surface area contributed by atoms with Crippen LogP contribution in [-0.4, -0.2) is 23.2 Å². The van der Waals surface area contributed by atoms with E-state index in [1.807, 2.05) is 19.1 Å². The maximum absolute atomic E-state index is 9.82. The number of aliphatic hydroxyl groups excluding tert-OH is 1. The van der Waals surface area contributed by atoms with Crippen molar-refractivity contribution in [3.8, 4) is 0 Å². The second-order valence-corrected chi connectivity index (χ2v) is 4.30. The van der Waals surface area contributed by atoms with E-state index in [1.165, 1.54) is 0 Å². The quantitative estimate of drug-likeness (QED) is 0.773. The van der Waals surface area contributed by atoms with Gasteiger partial charge >= 0.3 is 0 Å². The van der Waals surface area contributed by atoms with Crippen molar-refractivity contribution in [3.63, 3.8) is 0 Å². The van der Waals surface area contributed by atoms with E-state index >= 15 is 0 Å². The Bertz CT molecular complexity index is 282. The van der Waals surface area contributed by atoms with Crippen LogP contribution in [0.25, 0.3) is 0 Å². The molecule has 0 aliphatic rings. The summed E-state index contributed by atoms with van der Waals surface area (Å²) in [4.78, 5) is 4.16. The molecule has 0 aromatic carbocycles. The number of hydrogen-bond donors (Lipinski definition) is 2. The van der Waals surface area contributed by atoms with Gasteiger partial charge in [0.2, 0.25) is 0 Å². The van der Waals surface area contributed by atoms with Crippen LogP contribution in [0, 0.1) is 12.8 Å². The van der Waals surface area contributed by atoms with Gasteiger partial charge in [-0.15, -0.1) is 0 Å². The van der Waals surface area contributed by atoms with Crippen LogP contribution in [0.3, 0.4) is 0 Å². The van der Waals surface area contributed by atoms with Crippen molar-refractivity contribution >= 4 is 0 Å². The molecule has 0 amide bonds. The maximum Gasteiger partial charge on any atom is 0.0929 e. The zero-order chi connectivity index (χ0) is 11.3. The van der Waals surface area contributed by atoms with Gasteiger partial charge in [-0.3, -0.25) is 4.98 Å². The first-order chi connectivity index (χ1) is 7.09. The van der Waals surface area contributed by atoms with Gasteiger partial charge in [0.25, 0.3) is 0 Å². The standard InChI is InChI=1S/C12H20N2O/c1-9(2)6-13-8-12(15)11-5-4-10(3)14-7-11/h4-5,7,9,12-13,15H,6,8H2,1-3H3. The summed E-state index contributed by atoms with van der Waals surface area (Å²) in [5.74, 6) is 0.605. The Balaban J connectivity index is 2.40. The van der Waals surface area contributed by atoms with E-state index in [1.54, 1.807) is 6.20 Å². The lowest BCUT2D eigenvalue weighted by atomic mass is 10.1. The fraction of sp³-hybridized carbons (Fsp3) is 0.583. The van der Waals surface area contributed by atoms with Crippen molar-refractivity contribution in [1.29, 1.82) is 0 Å². The lowest BCUT2D eigenvalue weighted by molar-refractivity contribution is 0.173. The first kappa shape index (κ1) is 12.1. The van der Waals surface area contributed by atoms with Crippen LogP contribution in [0.4, 0.5) is 0 Å². The highest BCUT2D eigenvalue weighted by Crippen LogP contribution is 2.10. The summed E-state index contributed by atoms with van der Waals surface area (Å²) >= 11 is 0. The van der Waals surface area contributed by atoms with Crippen molar-refractivity contribution < 1.29 is 5.11 Å².